The SMILES string of the molecule is COC(=O)c1c(N)cccc1F.COC(=O)c1ccc(Cl)cc1N.COC(=O)c1ccc(F)cc1N.Nc1cc(Cl)c(I)cc1C(=O)O.Nc1cc(F)c(I)cc1C(=O)O.Nc1ccc(I)c(F)c1C(=O)O. The van der Waals surface area contributed by atoms with Crippen molar-refractivity contribution in [2.75, 3.05) is 55.7 Å². The highest BCUT2D eigenvalue weighted by atomic mass is 127. The molecule has 0 saturated heterocycles. The molecule has 27 heteroatoms. The number of hydrogen-bond donors (Lipinski definition) is 9. The Hall–Kier alpha value is -6.57. The molecule has 0 aliphatic rings. The highest BCUT2D eigenvalue weighted by molar-refractivity contribution is 14.1. The number of carbonyl (C=O) groups is 6. The third-order valence-corrected chi connectivity index (χ3v) is 11.7. The summed E-state index contributed by atoms with van der Waals surface area (Å²) < 4.78 is 65.6. The average Bonchev–Trinajstić information content (AvgIpc) is 3.30. The first-order valence-corrected chi connectivity index (χ1v) is 22.8. The van der Waals surface area contributed by atoms with Crippen molar-refractivity contribution in [1.29, 1.82) is 0 Å². The van der Waals surface area contributed by atoms with Gasteiger partial charge in [0.25, 0.3) is 0 Å². The van der Waals surface area contributed by atoms with Gasteiger partial charge in [0.15, 0.2) is 5.82 Å². The number of carboxylic acid groups (broad SMARTS) is 3. The first-order valence-electron chi connectivity index (χ1n) is 18.9. The Kier molecular flexibility index (Phi) is 26.7. The number of nitrogens with two attached hydrogens (primary N) is 6. The molecular weight excluding hydrogens is 1340 g/mol. The van der Waals surface area contributed by atoms with Crippen molar-refractivity contribution in [2.24, 2.45) is 0 Å². The molecule has 0 radical (unpaired) electrons. The van der Waals surface area contributed by atoms with Crippen molar-refractivity contribution in [3.8, 4) is 0 Å². The van der Waals surface area contributed by atoms with Gasteiger partial charge in [-0.05, 0) is 153 Å². The van der Waals surface area contributed by atoms with Crippen LogP contribution in [0.4, 0.5) is 51.7 Å². The molecular formula is C45H39Cl2F4I3N6O12. The number of aromatic carboxylic acids is 3. The number of esters is 3. The van der Waals surface area contributed by atoms with E-state index in [0.717, 1.165) is 24.3 Å². The fraction of sp³-hybridized carbons (Fsp3) is 0.0667. The Bertz CT molecular complexity index is 2830. The number of anilines is 6. The second kappa shape index (κ2) is 30.3. The number of ether oxygens (including phenoxy) is 3. The van der Waals surface area contributed by atoms with Crippen LogP contribution in [0.3, 0.4) is 0 Å². The molecule has 0 aliphatic heterocycles. The molecule has 384 valence electrons. The summed E-state index contributed by atoms with van der Waals surface area (Å²) in [5.41, 5.74) is 32.6. The smallest absolute Gasteiger partial charge is 0.342 e. The summed E-state index contributed by atoms with van der Waals surface area (Å²) >= 11 is 16.7. The Morgan fingerprint density at radius 2 is 0.917 bits per heavy atom. The van der Waals surface area contributed by atoms with Gasteiger partial charge < -0.3 is 63.9 Å². The van der Waals surface area contributed by atoms with Crippen LogP contribution in [0.15, 0.2) is 91.0 Å². The summed E-state index contributed by atoms with van der Waals surface area (Å²) in [6.45, 7) is 0. The van der Waals surface area contributed by atoms with Crippen molar-refractivity contribution in [2.45, 2.75) is 0 Å². The summed E-state index contributed by atoms with van der Waals surface area (Å²) in [6.07, 6.45) is 0. The minimum atomic E-state index is -1.34. The van der Waals surface area contributed by atoms with Crippen molar-refractivity contribution < 1.29 is 75.9 Å². The summed E-state index contributed by atoms with van der Waals surface area (Å²) in [7, 11) is 3.72. The molecule has 0 aromatic heterocycles. The lowest BCUT2D eigenvalue weighted by Gasteiger charge is -2.03. The van der Waals surface area contributed by atoms with Crippen LogP contribution in [-0.4, -0.2) is 72.5 Å². The molecule has 0 heterocycles. The Labute approximate surface area is 457 Å². The molecule has 15 N–H and O–H groups in total. The van der Waals surface area contributed by atoms with E-state index in [1.807, 2.05) is 22.6 Å². The predicted molar refractivity (Wildman–Crippen MR) is 288 cm³/mol. The van der Waals surface area contributed by atoms with E-state index >= 15 is 0 Å². The van der Waals surface area contributed by atoms with Gasteiger partial charge in [-0.15, -0.1) is 0 Å². The lowest BCUT2D eigenvalue weighted by molar-refractivity contribution is 0.0589. The number of carboxylic acids is 3. The number of benzene rings is 6. The summed E-state index contributed by atoms with van der Waals surface area (Å²) in [5.74, 6) is -7.72. The monoisotopic (exact) mass is 1380 g/mol. The Balaban J connectivity index is 0.000000432. The largest absolute Gasteiger partial charge is 0.478 e. The normalized spacial score (nSPS) is 9.67. The topological polar surface area (TPSA) is 347 Å². The second-order valence-electron chi connectivity index (χ2n) is 13.1. The van der Waals surface area contributed by atoms with Gasteiger partial charge in [0.1, 0.15) is 28.6 Å². The van der Waals surface area contributed by atoms with E-state index in [2.05, 4.69) is 14.2 Å². The van der Waals surface area contributed by atoms with Gasteiger partial charge in [-0.2, -0.15) is 0 Å². The maximum absolute atomic E-state index is 13.0. The summed E-state index contributed by atoms with van der Waals surface area (Å²) in [6, 6.07) is 20.1. The van der Waals surface area contributed by atoms with E-state index in [1.165, 1.54) is 82.0 Å². The Morgan fingerprint density at radius 1 is 0.458 bits per heavy atom. The zero-order valence-corrected chi connectivity index (χ0v) is 45.0. The molecule has 18 nitrogen and oxygen atoms in total. The van der Waals surface area contributed by atoms with Crippen LogP contribution in [0.1, 0.15) is 62.1 Å². The molecule has 0 amide bonds. The van der Waals surface area contributed by atoms with Crippen LogP contribution >= 0.6 is 91.0 Å². The average molecular weight is 1380 g/mol. The highest BCUT2D eigenvalue weighted by Gasteiger charge is 2.17. The lowest BCUT2D eigenvalue weighted by Crippen LogP contribution is -2.08. The van der Waals surface area contributed by atoms with E-state index < -0.39 is 64.6 Å². The third-order valence-electron chi connectivity index (χ3n) is 8.26. The molecule has 0 aliphatic carbocycles. The number of nitrogen functional groups attached to an aromatic ring is 6. The maximum Gasteiger partial charge on any atom is 0.342 e. The molecule has 0 unspecified atom stereocenters. The standard InChI is InChI=1S/C8H8ClNO2.2C8H8FNO2.C7H5ClINO2.2C7H5FINO2/c2*1-12-8(11)6-3-2-5(9)4-7(6)10;1-12-8(11)7-5(9)3-2-4-6(7)10;2*8-4-2-6(10)3(7(11)12)1-5(4)9;8-6-3(9)1-2-4(10)5(6)7(11)12/h3*2-4H,10H2,1H3;3*1-2H,10H2,(H,11,12). The highest BCUT2D eigenvalue weighted by Crippen LogP contribution is 2.25. The lowest BCUT2D eigenvalue weighted by atomic mass is 10.2. The fourth-order valence-electron chi connectivity index (χ4n) is 4.79. The quantitative estimate of drug-likeness (QED) is 0.0246. The first kappa shape index (κ1) is 63.4. The van der Waals surface area contributed by atoms with Crippen molar-refractivity contribution >= 4 is 161 Å². The molecule has 6 rings (SSSR count). The number of methoxy groups -OCH3 is 3. The van der Waals surface area contributed by atoms with Crippen LogP contribution in [0.25, 0.3) is 0 Å². The Morgan fingerprint density at radius 3 is 1.36 bits per heavy atom. The van der Waals surface area contributed by atoms with E-state index in [9.17, 15) is 46.3 Å². The molecule has 0 bridgehead atoms. The van der Waals surface area contributed by atoms with E-state index in [0.29, 0.717) is 24.9 Å². The molecule has 0 atom stereocenters. The number of carbonyl (C=O) groups excluding carboxylic acids is 3. The van der Waals surface area contributed by atoms with Crippen LogP contribution < -0.4 is 34.4 Å². The van der Waals surface area contributed by atoms with Crippen molar-refractivity contribution in [3.05, 3.63) is 168 Å². The number of rotatable bonds is 6. The molecule has 6 aromatic carbocycles. The molecule has 0 fully saturated rings. The van der Waals surface area contributed by atoms with Gasteiger partial charge >= 0.3 is 35.8 Å². The first-order chi connectivity index (χ1) is 33.5. The van der Waals surface area contributed by atoms with Crippen LogP contribution in [0.5, 0.6) is 0 Å². The van der Waals surface area contributed by atoms with Gasteiger partial charge in [-0.3, -0.25) is 0 Å². The van der Waals surface area contributed by atoms with Crippen LogP contribution in [0.2, 0.25) is 10.0 Å². The van der Waals surface area contributed by atoms with Gasteiger partial charge in [-0.1, -0.05) is 29.3 Å². The zero-order valence-electron chi connectivity index (χ0n) is 37.0. The number of halogens is 9. The minimum absolute atomic E-state index is 0.0552. The van der Waals surface area contributed by atoms with E-state index in [4.69, 9.17) is 72.9 Å². The number of hydrogen-bond acceptors (Lipinski definition) is 15. The molecule has 72 heavy (non-hydrogen) atoms. The third kappa shape index (κ3) is 19.6. The van der Waals surface area contributed by atoms with E-state index in [-0.39, 0.29) is 57.8 Å². The van der Waals surface area contributed by atoms with Crippen LogP contribution in [-0.2, 0) is 14.2 Å². The van der Waals surface area contributed by atoms with E-state index in [1.54, 1.807) is 51.2 Å². The van der Waals surface area contributed by atoms with Gasteiger partial charge in [0, 0.05) is 49.9 Å². The maximum atomic E-state index is 13.0. The van der Waals surface area contributed by atoms with Gasteiger partial charge in [-0.25, -0.2) is 46.3 Å². The summed E-state index contributed by atoms with van der Waals surface area (Å²) in [4.78, 5) is 64.3. The minimum Gasteiger partial charge on any atom is -0.478 e. The second-order valence-corrected chi connectivity index (χ2v) is 17.4. The van der Waals surface area contributed by atoms with Gasteiger partial charge in [0.05, 0.1) is 48.6 Å². The molecule has 0 saturated carbocycles. The van der Waals surface area contributed by atoms with Crippen LogP contribution in [0, 0.1) is 34.0 Å². The fourth-order valence-corrected chi connectivity index (χ4v) is 6.53. The van der Waals surface area contributed by atoms with Crippen molar-refractivity contribution in [1.82, 2.24) is 0 Å². The van der Waals surface area contributed by atoms with Crippen molar-refractivity contribution in [3.63, 3.8) is 0 Å². The van der Waals surface area contributed by atoms with Gasteiger partial charge in [0.2, 0.25) is 0 Å². The zero-order chi connectivity index (χ0) is 55.3. The molecule has 0 spiro atoms. The summed E-state index contributed by atoms with van der Waals surface area (Å²) in [5, 5.41) is 26.7. The molecule has 6 aromatic rings. The predicted octanol–water partition coefficient (Wildman–Crippen LogP) is 9.74.